The molecule has 0 aliphatic rings. The van der Waals surface area contributed by atoms with Gasteiger partial charge in [0.15, 0.2) is 17.3 Å². The third-order valence-electron chi connectivity index (χ3n) is 4.98. The van der Waals surface area contributed by atoms with Gasteiger partial charge in [0.25, 0.3) is 0 Å². The van der Waals surface area contributed by atoms with Gasteiger partial charge in [-0.1, -0.05) is 58.4 Å². The van der Waals surface area contributed by atoms with Gasteiger partial charge in [0.05, 0.1) is 31.5 Å². The van der Waals surface area contributed by atoms with Crippen LogP contribution in [0, 0.1) is 0 Å². The first-order valence-corrected chi connectivity index (χ1v) is 10.4. The molecule has 6 heteroatoms. The molecule has 0 saturated carbocycles. The number of ether oxygens (including phenoxy) is 2. The fourth-order valence-electron chi connectivity index (χ4n) is 3.45. The smallest absolute Gasteiger partial charge is 0.162 e. The second-order valence-electron chi connectivity index (χ2n) is 6.96. The summed E-state index contributed by atoms with van der Waals surface area (Å²) in [7, 11) is 3.23. The normalized spacial score (nSPS) is 12.0. The Morgan fingerprint density at radius 2 is 1.57 bits per heavy atom. The van der Waals surface area contributed by atoms with E-state index in [-0.39, 0.29) is 6.04 Å². The van der Waals surface area contributed by atoms with E-state index < -0.39 is 0 Å². The number of nitrogens with zero attached hydrogens (tertiary/aromatic N) is 2. The minimum Gasteiger partial charge on any atom is -0.493 e. The molecule has 0 radical (unpaired) electrons. The Hall–Kier alpha value is -2.96. The van der Waals surface area contributed by atoms with Gasteiger partial charge in [0, 0.05) is 21.5 Å². The minimum absolute atomic E-state index is 0.301. The molecule has 152 valence electrons. The lowest BCUT2D eigenvalue weighted by molar-refractivity contribution is 0.355. The van der Waals surface area contributed by atoms with Crippen LogP contribution in [0.5, 0.6) is 11.5 Å². The Bertz CT molecular complexity index is 1160. The molecule has 3 aromatic carbocycles. The van der Waals surface area contributed by atoms with Crippen LogP contribution in [-0.2, 0) is 6.42 Å². The summed E-state index contributed by atoms with van der Waals surface area (Å²) in [4.78, 5) is 9.67. The molecule has 1 heterocycles. The summed E-state index contributed by atoms with van der Waals surface area (Å²) >= 11 is 3.48. The molecule has 0 spiro atoms. The van der Waals surface area contributed by atoms with E-state index in [9.17, 15) is 0 Å². The Morgan fingerprint density at radius 1 is 0.900 bits per heavy atom. The lowest BCUT2D eigenvalue weighted by Crippen LogP contribution is -2.16. The highest BCUT2D eigenvalue weighted by Gasteiger charge is 2.19. The number of rotatable bonds is 6. The SMILES string of the molecule is COc1cc2nc(-c3ccc(Br)cc3)nc(C(N)Cc3ccccc3)c2cc1OC. The van der Waals surface area contributed by atoms with E-state index in [1.807, 2.05) is 54.6 Å². The second kappa shape index (κ2) is 8.81. The molecule has 1 aromatic heterocycles. The lowest BCUT2D eigenvalue weighted by atomic mass is 10.00. The Balaban J connectivity index is 1.89. The molecule has 1 unspecified atom stereocenters. The van der Waals surface area contributed by atoms with Crippen molar-refractivity contribution in [3.63, 3.8) is 0 Å². The monoisotopic (exact) mass is 463 g/mol. The number of hydrogen-bond donors (Lipinski definition) is 1. The van der Waals surface area contributed by atoms with E-state index in [4.69, 9.17) is 25.2 Å². The third kappa shape index (κ3) is 4.15. The Kier molecular flexibility index (Phi) is 5.97. The molecule has 4 rings (SSSR count). The van der Waals surface area contributed by atoms with E-state index in [1.165, 1.54) is 0 Å². The van der Waals surface area contributed by atoms with Crippen LogP contribution in [0.4, 0.5) is 0 Å². The summed E-state index contributed by atoms with van der Waals surface area (Å²) in [5.74, 6) is 1.87. The van der Waals surface area contributed by atoms with E-state index in [2.05, 4.69) is 28.1 Å². The van der Waals surface area contributed by atoms with Crippen molar-refractivity contribution >= 4 is 26.8 Å². The van der Waals surface area contributed by atoms with Gasteiger partial charge in [-0.15, -0.1) is 0 Å². The van der Waals surface area contributed by atoms with Gasteiger partial charge in [-0.3, -0.25) is 0 Å². The molecule has 0 saturated heterocycles. The zero-order valence-corrected chi connectivity index (χ0v) is 18.4. The summed E-state index contributed by atoms with van der Waals surface area (Å²) in [6.45, 7) is 0. The summed E-state index contributed by atoms with van der Waals surface area (Å²) in [5, 5.41) is 0.858. The van der Waals surface area contributed by atoms with Crippen LogP contribution in [0.3, 0.4) is 0 Å². The van der Waals surface area contributed by atoms with Crippen molar-refractivity contribution < 1.29 is 9.47 Å². The molecule has 5 nitrogen and oxygen atoms in total. The zero-order chi connectivity index (χ0) is 21.1. The van der Waals surface area contributed by atoms with Gasteiger partial charge in [-0.05, 0) is 30.2 Å². The van der Waals surface area contributed by atoms with Gasteiger partial charge in [-0.2, -0.15) is 0 Å². The van der Waals surface area contributed by atoms with Crippen LogP contribution < -0.4 is 15.2 Å². The van der Waals surface area contributed by atoms with Gasteiger partial charge >= 0.3 is 0 Å². The van der Waals surface area contributed by atoms with Crippen molar-refractivity contribution in [3.8, 4) is 22.9 Å². The summed E-state index contributed by atoms with van der Waals surface area (Å²) < 4.78 is 12.0. The summed E-state index contributed by atoms with van der Waals surface area (Å²) in [5.41, 5.74) is 10.3. The first kappa shape index (κ1) is 20.3. The van der Waals surface area contributed by atoms with E-state index in [0.29, 0.717) is 23.7 Å². The zero-order valence-electron chi connectivity index (χ0n) is 16.8. The fraction of sp³-hybridized carbons (Fsp3) is 0.167. The predicted molar refractivity (Wildman–Crippen MR) is 123 cm³/mol. The topological polar surface area (TPSA) is 70.3 Å². The van der Waals surface area contributed by atoms with Gasteiger partial charge in [0.2, 0.25) is 0 Å². The fourth-order valence-corrected chi connectivity index (χ4v) is 3.72. The number of methoxy groups -OCH3 is 2. The molecule has 1 atom stereocenters. The van der Waals surface area contributed by atoms with Crippen LogP contribution in [-0.4, -0.2) is 24.2 Å². The molecule has 0 amide bonds. The largest absolute Gasteiger partial charge is 0.493 e. The maximum atomic E-state index is 6.66. The highest BCUT2D eigenvalue weighted by molar-refractivity contribution is 9.10. The molecule has 0 bridgehead atoms. The number of fused-ring (bicyclic) bond motifs is 1. The Labute approximate surface area is 184 Å². The molecule has 4 aromatic rings. The standard InChI is InChI=1S/C24H22BrN3O2/c1-29-21-13-18-20(14-22(21)30-2)27-24(16-8-10-17(25)11-9-16)28-23(18)19(26)12-15-6-4-3-5-7-15/h3-11,13-14,19H,12,26H2,1-2H3. The van der Waals surface area contributed by atoms with Gasteiger partial charge < -0.3 is 15.2 Å². The summed E-state index contributed by atoms with van der Waals surface area (Å²) in [6, 6.07) is 21.6. The molecular weight excluding hydrogens is 442 g/mol. The van der Waals surface area contributed by atoms with Crippen LogP contribution in [0.25, 0.3) is 22.3 Å². The number of halogens is 1. The number of nitrogens with two attached hydrogens (primary N) is 1. The molecule has 0 aliphatic carbocycles. The highest BCUT2D eigenvalue weighted by atomic mass is 79.9. The van der Waals surface area contributed by atoms with Crippen LogP contribution in [0.15, 0.2) is 71.2 Å². The van der Waals surface area contributed by atoms with Crippen molar-refractivity contribution in [2.24, 2.45) is 5.73 Å². The van der Waals surface area contributed by atoms with Crippen LogP contribution in [0.2, 0.25) is 0 Å². The van der Waals surface area contributed by atoms with Gasteiger partial charge in [-0.25, -0.2) is 9.97 Å². The van der Waals surface area contributed by atoms with Crippen LogP contribution >= 0.6 is 15.9 Å². The molecule has 30 heavy (non-hydrogen) atoms. The minimum atomic E-state index is -0.301. The average Bonchev–Trinajstić information content (AvgIpc) is 2.78. The van der Waals surface area contributed by atoms with Crippen molar-refractivity contribution in [1.29, 1.82) is 0 Å². The number of benzene rings is 3. The van der Waals surface area contributed by atoms with Crippen molar-refractivity contribution in [2.75, 3.05) is 14.2 Å². The second-order valence-corrected chi connectivity index (χ2v) is 7.88. The number of hydrogen-bond acceptors (Lipinski definition) is 5. The first-order chi connectivity index (χ1) is 14.6. The average molecular weight is 464 g/mol. The van der Waals surface area contributed by atoms with E-state index in [0.717, 1.165) is 32.2 Å². The van der Waals surface area contributed by atoms with E-state index in [1.54, 1.807) is 14.2 Å². The van der Waals surface area contributed by atoms with Crippen LogP contribution in [0.1, 0.15) is 17.3 Å². The molecule has 0 fully saturated rings. The first-order valence-electron chi connectivity index (χ1n) is 9.58. The Morgan fingerprint density at radius 3 is 2.23 bits per heavy atom. The third-order valence-corrected chi connectivity index (χ3v) is 5.51. The molecule has 2 N–H and O–H groups in total. The van der Waals surface area contributed by atoms with Crippen molar-refractivity contribution in [1.82, 2.24) is 9.97 Å². The number of aromatic nitrogens is 2. The summed E-state index contributed by atoms with van der Waals surface area (Å²) in [6.07, 6.45) is 0.668. The van der Waals surface area contributed by atoms with Gasteiger partial charge in [0.1, 0.15) is 0 Å². The van der Waals surface area contributed by atoms with Crippen molar-refractivity contribution in [2.45, 2.75) is 12.5 Å². The predicted octanol–water partition coefficient (Wildman–Crippen LogP) is 5.32. The molecular formula is C24H22BrN3O2. The highest BCUT2D eigenvalue weighted by Crippen LogP contribution is 2.35. The maximum absolute atomic E-state index is 6.66. The maximum Gasteiger partial charge on any atom is 0.162 e. The molecule has 0 aliphatic heterocycles. The quantitative estimate of drug-likeness (QED) is 0.418. The lowest BCUT2D eigenvalue weighted by Gasteiger charge is -2.17. The van der Waals surface area contributed by atoms with E-state index >= 15 is 0 Å². The van der Waals surface area contributed by atoms with Crippen molar-refractivity contribution in [3.05, 3.63) is 82.5 Å².